The van der Waals surface area contributed by atoms with E-state index in [4.69, 9.17) is 9.16 Å². The van der Waals surface area contributed by atoms with Crippen LogP contribution >= 0.6 is 0 Å². The van der Waals surface area contributed by atoms with E-state index in [1.165, 1.54) is 0 Å². The molecule has 1 aromatic heterocycles. The summed E-state index contributed by atoms with van der Waals surface area (Å²) in [6, 6.07) is 3.79. The predicted octanol–water partition coefficient (Wildman–Crippen LogP) is 4.12. The second kappa shape index (κ2) is 8.97. The Morgan fingerprint density at radius 1 is 1.22 bits per heavy atom. The van der Waals surface area contributed by atoms with Crippen molar-refractivity contribution in [3.05, 3.63) is 24.0 Å². The zero-order valence-corrected chi connectivity index (χ0v) is 18.5. The van der Waals surface area contributed by atoms with Gasteiger partial charge in [-0.15, -0.1) is 0 Å². The van der Waals surface area contributed by atoms with Gasteiger partial charge in [0.15, 0.2) is 8.32 Å². The summed E-state index contributed by atoms with van der Waals surface area (Å²) in [6.45, 7) is 14.7. The number of nitrogens with one attached hydrogen (secondary N) is 1. The second-order valence-electron chi connectivity index (χ2n) is 8.68. The Morgan fingerprint density at radius 3 is 2.52 bits per heavy atom. The molecule has 0 aliphatic carbocycles. The van der Waals surface area contributed by atoms with Crippen molar-refractivity contribution in [1.82, 2.24) is 10.4 Å². The minimum atomic E-state index is -1.65. The van der Waals surface area contributed by atoms with Gasteiger partial charge in [-0.2, -0.15) is 5.10 Å². The zero-order chi connectivity index (χ0) is 20.1. The van der Waals surface area contributed by atoms with Crippen LogP contribution in [0.5, 0.6) is 5.75 Å². The maximum atomic E-state index is 11.3. The molecule has 0 radical (unpaired) electrons. The molecular weight excluding hydrogens is 358 g/mol. The largest absolute Gasteiger partial charge is 0.492 e. The Kier molecular flexibility index (Phi) is 7.17. The van der Waals surface area contributed by atoms with Gasteiger partial charge in [0.1, 0.15) is 5.75 Å². The van der Waals surface area contributed by atoms with Gasteiger partial charge in [0.2, 0.25) is 5.91 Å². The molecule has 150 valence electrons. The number of carbonyl (C=O) groups excluding carboxylic acids is 1. The second-order valence-corrected chi connectivity index (χ2v) is 13.5. The molecule has 1 unspecified atom stereocenters. The minimum absolute atomic E-state index is 0.0521. The highest BCUT2D eigenvalue weighted by atomic mass is 28.4. The monoisotopic (exact) mass is 391 g/mol. The van der Waals surface area contributed by atoms with E-state index in [9.17, 15) is 4.79 Å². The Morgan fingerprint density at radius 2 is 1.93 bits per heavy atom. The first-order valence-corrected chi connectivity index (χ1v) is 12.6. The van der Waals surface area contributed by atoms with Crippen LogP contribution < -0.4 is 10.2 Å². The Bertz CT molecular complexity index is 666. The molecule has 1 N–H and O–H groups in total. The first kappa shape index (κ1) is 21.6. The number of ether oxygens (including phenoxy) is 1. The number of hydrogen-bond donors (Lipinski definition) is 1. The highest BCUT2D eigenvalue weighted by Crippen LogP contribution is 2.36. The van der Waals surface area contributed by atoms with E-state index < -0.39 is 8.32 Å². The normalized spacial score (nSPS) is 18.1. The van der Waals surface area contributed by atoms with E-state index in [-0.39, 0.29) is 16.9 Å². The number of amides is 1. The lowest BCUT2D eigenvalue weighted by Crippen LogP contribution is -2.41. The van der Waals surface area contributed by atoms with E-state index in [0.717, 1.165) is 36.6 Å². The lowest BCUT2D eigenvalue weighted by molar-refractivity contribution is -0.121. The van der Waals surface area contributed by atoms with Gasteiger partial charge in [0, 0.05) is 18.9 Å². The predicted molar refractivity (Wildman–Crippen MR) is 111 cm³/mol. The van der Waals surface area contributed by atoms with Crippen LogP contribution in [0, 0.1) is 5.92 Å². The summed E-state index contributed by atoms with van der Waals surface area (Å²) in [5.74, 6) is 0.764. The third kappa shape index (κ3) is 6.14. The van der Waals surface area contributed by atoms with Gasteiger partial charge in [-0.25, -0.2) is 5.43 Å². The lowest BCUT2D eigenvalue weighted by Gasteiger charge is -2.36. The third-order valence-corrected chi connectivity index (χ3v) is 9.87. The summed E-state index contributed by atoms with van der Waals surface area (Å²) < 4.78 is 11.9. The fraction of sp³-hybridized carbons (Fsp3) is 0.650. The fourth-order valence-corrected chi connectivity index (χ4v) is 3.61. The van der Waals surface area contributed by atoms with E-state index >= 15 is 0 Å². The quantitative estimate of drug-likeness (QED) is 0.534. The summed E-state index contributed by atoms with van der Waals surface area (Å²) in [7, 11) is -1.65. The molecule has 1 aliphatic rings. The van der Waals surface area contributed by atoms with Crippen molar-refractivity contribution in [3.8, 4) is 5.75 Å². The number of hydrogen-bond acceptors (Lipinski definition) is 5. The lowest BCUT2D eigenvalue weighted by atomic mass is 9.97. The molecule has 1 aromatic rings. The molecule has 0 fully saturated rings. The SMILES string of the molecule is CC1CC(=O)NN=C1c1ccc(OCCCCO[Si](C)(C)C(C)(C)C)cn1. The van der Waals surface area contributed by atoms with Crippen LogP contribution in [0.3, 0.4) is 0 Å². The van der Waals surface area contributed by atoms with Gasteiger partial charge in [-0.05, 0) is 43.1 Å². The van der Waals surface area contributed by atoms with Crippen molar-refractivity contribution < 1.29 is 14.0 Å². The maximum Gasteiger partial charge on any atom is 0.240 e. The van der Waals surface area contributed by atoms with Gasteiger partial charge in [-0.3, -0.25) is 9.78 Å². The number of hydrazone groups is 1. The highest BCUT2D eigenvalue weighted by molar-refractivity contribution is 6.74. The fourth-order valence-electron chi connectivity index (χ4n) is 2.52. The molecule has 2 rings (SSSR count). The van der Waals surface area contributed by atoms with Crippen molar-refractivity contribution in [3.63, 3.8) is 0 Å². The molecule has 0 saturated heterocycles. The first-order valence-electron chi connectivity index (χ1n) is 9.70. The number of nitrogens with zero attached hydrogens (tertiary/aromatic N) is 2. The van der Waals surface area contributed by atoms with Crippen LogP contribution in [0.1, 0.15) is 52.7 Å². The molecule has 1 aliphatic heterocycles. The summed E-state index contributed by atoms with van der Waals surface area (Å²) in [6.07, 6.45) is 4.10. The molecule has 0 saturated carbocycles. The molecule has 7 heteroatoms. The Balaban J connectivity index is 1.72. The molecule has 1 atom stereocenters. The number of pyridine rings is 1. The molecule has 1 amide bonds. The maximum absolute atomic E-state index is 11.3. The van der Waals surface area contributed by atoms with Crippen molar-refractivity contribution in [2.24, 2.45) is 11.0 Å². The van der Waals surface area contributed by atoms with Crippen molar-refractivity contribution in [1.29, 1.82) is 0 Å². The number of unbranched alkanes of at least 4 members (excludes halogenated alkanes) is 1. The molecule has 0 bridgehead atoms. The van der Waals surface area contributed by atoms with Crippen LogP contribution in [-0.2, 0) is 9.22 Å². The van der Waals surface area contributed by atoms with E-state index in [1.807, 2.05) is 19.1 Å². The molecular formula is C20H33N3O3Si. The van der Waals surface area contributed by atoms with Crippen molar-refractivity contribution in [2.75, 3.05) is 13.2 Å². The number of carbonyl (C=O) groups is 1. The molecule has 2 heterocycles. The van der Waals surface area contributed by atoms with Crippen LogP contribution in [0.2, 0.25) is 18.1 Å². The van der Waals surface area contributed by atoms with Crippen LogP contribution in [0.4, 0.5) is 0 Å². The summed E-state index contributed by atoms with van der Waals surface area (Å²) in [4.78, 5) is 15.8. The van der Waals surface area contributed by atoms with Gasteiger partial charge in [0.05, 0.1) is 24.2 Å². The van der Waals surface area contributed by atoms with Gasteiger partial charge in [0.25, 0.3) is 0 Å². The topological polar surface area (TPSA) is 72.8 Å². The van der Waals surface area contributed by atoms with E-state index in [2.05, 4.69) is 49.4 Å². The first-order chi connectivity index (χ1) is 12.6. The smallest absolute Gasteiger partial charge is 0.240 e. The van der Waals surface area contributed by atoms with E-state index in [0.29, 0.717) is 13.0 Å². The van der Waals surface area contributed by atoms with E-state index in [1.54, 1.807) is 6.20 Å². The van der Waals surface area contributed by atoms with Crippen LogP contribution in [0.15, 0.2) is 23.4 Å². The number of aromatic nitrogens is 1. The standard InChI is InChI=1S/C20H33N3O3Si/c1-15-13-18(24)22-23-19(15)17-10-9-16(14-21-17)25-11-7-8-12-26-27(5,6)20(2,3)4/h9-10,14-15H,7-8,11-13H2,1-6H3,(H,22,24). The highest BCUT2D eigenvalue weighted by Gasteiger charge is 2.36. The Hall–Kier alpha value is -1.73. The molecule has 0 aromatic carbocycles. The minimum Gasteiger partial charge on any atom is -0.492 e. The van der Waals surface area contributed by atoms with Crippen LogP contribution in [0.25, 0.3) is 0 Å². The molecule has 0 spiro atoms. The summed E-state index contributed by atoms with van der Waals surface area (Å²) >= 11 is 0. The van der Waals surface area contributed by atoms with Gasteiger partial charge < -0.3 is 9.16 Å². The van der Waals surface area contributed by atoms with Crippen molar-refractivity contribution >= 4 is 19.9 Å². The zero-order valence-electron chi connectivity index (χ0n) is 17.5. The molecule has 6 nitrogen and oxygen atoms in total. The van der Waals surface area contributed by atoms with Gasteiger partial charge in [-0.1, -0.05) is 27.7 Å². The molecule has 27 heavy (non-hydrogen) atoms. The summed E-state index contributed by atoms with van der Waals surface area (Å²) in [5, 5.41) is 4.38. The van der Waals surface area contributed by atoms with Gasteiger partial charge >= 0.3 is 0 Å². The van der Waals surface area contributed by atoms with Crippen LogP contribution in [-0.4, -0.2) is 38.1 Å². The average Bonchev–Trinajstić information content (AvgIpc) is 2.58. The van der Waals surface area contributed by atoms with Crippen molar-refractivity contribution in [2.45, 2.75) is 65.1 Å². The number of rotatable bonds is 8. The third-order valence-electron chi connectivity index (χ3n) is 5.33. The average molecular weight is 392 g/mol. The summed E-state index contributed by atoms with van der Waals surface area (Å²) in [5.41, 5.74) is 4.10. The Labute approximate surface area is 163 Å².